The number of benzene rings is 1. The maximum absolute atomic E-state index is 13.2. The fourth-order valence-electron chi connectivity index (χ4n) is 1.32. The maximum Gasteiger partial charge on any atom is 0.411 e. The van der Waals surface area contributed by atoms with Crippen LogP contribution in [0.1, 0.15) is 18.1 Å². The van der Waals surface area contributed by atoms with Crippen molar-refractivity contribution >= 4 is 0 Å². The van der Waals surface area contributed by atoms with E-state index in [0.717, 1.165) is 12.1 Å². The molecule has 18 heavy (non-hydrogen) atoms. The first-order valence-corrected chi connectivity index (χ1v) is 5.07. The summed E-state index contributed by atoms with van der Waals surface area (Å²) in [6, 6.07) is 3.24. The summed E-state index contributed by atoms with van der Waals surface area (Å²) in [5.41, 5.74) is -0.300. The molecule has 0 amide bonds. The van der Waals surface area contributed by atoms with E-state index in [1.807, 2.05) is 0 Å². The van der Waals surface area contributed by atoms with Crippen LogP contribution in [0, 0.1) is 11.6 Å². The molecule has 0 saturated heterocycles. The highest BCUT2D eigenvalue weighted by Gasteiger charge is 2.27. The van der Waals surface area contributed by atoms with E-state index in [4.69, 9.17) is 0 Å². The summed E-state index contributed by atoms with van der Waals surface area (Å²) in [4.78, 5) is 0. The van der Waals surface area contributed by atoms with Crippen molar-refractivity contribution in [2.45, 2.75) is 18.7 Å². The molecular formula is C11H11F5O2. The Labute approximate surface area is 100.0 Å². The molecule has 0 bridgehead atoms. The van der Waals surface area contributed by atoms with Gasteiger partial charge < -0.3 is 9.84 Å². The number of rotatable bonds is 5. The Bertz CT molecular complexity index is 392. The van der Waals surface area contributed by atoms with Crippen LogP contribution in [0.15, 0.2) is 18.2 Å². The van der Waals surface area contributed by atoms with Gasteiger partial charge >= 0.3 is 6.18 Å². The van der Waals surface area contributed by atoms with E-state index in [2.05, 4.69) is 4.74 Å². The van der Waals surface area contributed by atoms with Crippen molar-refractivity contribution < 1.29 is 31.8 Å². The van der Waals surface area contributed by atoms with Gasteiger partial charge in [0.2, 0.25) is 0 Å². The van der Waals surface area contributed by atoms with Crippen LogP contribution in [0.5, 0.6) is 0 Å². The Balaban J connectivity index is 2.46. The fourth-order valence-corrected chi connectivity index (χ4v) is 1.32. The SMILES string of the molecule is OC(CCOCC(F)(F)F)c1cccc(F)c1F. The summed E-state index contributed by atoms with van der Waals surface area (Å²) < 4.78 is 65.4. The number of aliphatic hydroxyl groups excluding tert-OH is 1. The quantitative estimate of drug-likeness (QED) is 0.658. The first-order chi connectivity index (χ1) is 8.31. The molecular weight excluding hydrogens is 259 g/mol. The van der Waals surface area contributed by atoms with Crippen LogP contribution in [0.3, 0.4) is 0 Å². The van der Waals surface area contributed by atoms with Gasteiger partial charge in [-0.05, 0) is 6.07 Å². The van der Waals surface area contributed by atoms with Gasteiger partial charge in [0.25, 0.3) is 0 Å². The van der Waals surface area contributed by atoms with E-state index in [1.54, 1.807) is 0 Å². The van der Waals surface area contributed by atoms with Crippen molar-refractivity contribution in [1.29, 1.82) is 0 Å². The smallest absolute Gasteiger partial charge is 0.388 e. The van der Waals surface area contributed by atoms with Gasteiger partial charge in [-0.1, -0.05) is 12.1 Å². The normalized spacial score (nSPS) is 13.7. The number of halogens is 5. The average Bonchev–Trinajstić information content (AvgIpc) is 2.26. The number of hydrogen-bond donors (Lipinski definition) is 1. The molecule has 0 heterocycles. The van der Waals surface area contributed by atoms with Gasteiger partial charge in [0, 0.05) is 18.6 Å². The molecule has 2 nitrogen and oxygen atoms in total. The van der Waals surface area contributed by atoms with Crippen LogP contribution in [0.25, 0.3) is 0 Å². The van der Waals surface area contributed by atoms with Crippen molar-refractivity contribution in [3.8, 4) is 0 Å². The third-order valence-corrected chi connectivity index (χ3v) is 2.14. The molecule has 0 saturated carbocycles. The third kappa shape index (κ3) is 4.58. The Kier molecular flexibility index (Phi) is 5.03. The van der Waals surface area contributed by atoms with Crippen LogP contribution >= 0.6 is 0 Å². The van der Waals surface area contributed by atoms with Crippen LogP contribution in [0.2, 0.25) is 0 Å². The van der Waals surface area contributed by atoms with Crippen molar-refractivity contribution in [2.24, 2.45) is 0 Å². The molecule has 1 unspecified atom stereocenters. The predicted molar refractivity (Wildman–Crippen MR) is 52.8 cm³/mol. The molecule has 1 rings (SSSR count). The molecule has 102 valence electrons. The standard InChI is InChI=1S/C11H11F5O2/c12-8-3-1-2-7(10(8)13)9(17)4-5-18-6-11(14,15)16/h1-3,9,17H,4-6H2. The third-order valence-electron chi connectivity index (χ3n) is 2.14. The summed E-state index contributed by atoms with van der Waals surface area (Å²) in [5.74, 6) is -2.33. The summed E-state index contributed by atoms with van der Waals surface area (Å²) in [6.07, 6.45) is -6.11. The van der Waals surface area contributed by atoms with Gasteiger partial charge in [-0.2, -0.15) is 13.2 Å². The summed E-state index contributed by atoms with van der Waals surface area (Å²) >= 11 is 0. The molecule has 0 aromatic heterocycles. The monoisotopic (exact) mass is 270 g/mol. The molecule has 0 aliphatic carbocycles. The van der Waals surface area contributed by atoms with Gasteiger partial charge in [-0.3, -0.25) is 0 Å². The molecule has 0 aliphatic heterocycles. The predicted octanol–water partition coefficient (Wildman–Crippen LogP) is 2.97. The van der Waals surface area contributed by atoms with Crippen LogP contribution in [-0.4, -0.2) is 24.5 Å². The highest BCUT2D eigenvalue weighted by atomic mass is 19.4. The van der Waals surface area contributed by atoms with Gasteiger partial charge in [-0.15, -0.1) is 0 Å². The van der Waals surface area contributed by atoms with E-state index in [9.17, 15) is 27.1 Å². The van der Waals surface area contributed by atoms with Gasteiger partial charge in [0.15, 0.2) is 11.6 Å². The molecule has 0 spiro atoms. The minimum Gasteiger partial charge on any atom is -0.388 e. The minimum absolute atomic E-state index is 0.254. The fraction of sp³-hybridized carbons (Fsp3) is 0.455. The highest BCUT2D eigenvalue weighted by molar-refractivity contribution is 5.21. The Morgan fingerprint density at radius 3 is 2.50 bits per heavy atom. The van der Waals surface area contributed by atoms with E-state index in [0.29, 0.717) is 0 Å². The molecule has 7 heteroatoms. The van der Waals surface area contributed by atoms with E-state index in [1.165, 1.54) is 6.07 Å². The van der Waals surface area contributed by atoms with E-state index >= 15 is 0 Å². The molecule has 1 aromatic rings. The number of alkyl halides is 3. The van der Waals surface area contributed by atoms with Gasteiger partial charge in [0.05, 0.1) is 6.10 Å². The lowest BCUT2D eigenvalue weighted by Gasteiger charge is -2.13. The minimum atomic E-state index is -4.45. The van der Waals surface area contributed by atoms with Crippen LogP contribution < -0.4 is 0 Å². The zero-order chi connectivity index (χ0) is 13.8. The lowest BCUT2D eigenvalue weighted by molar-refractivity contribution is -0.175. The highest BCUT2D eigenvalue weighted by Crippen LogP contribution is 2.22. The number of ether oxygens (including phenoxy) is 1. The summed E-state index contributed by atoms with van der Waals surface area (Å²) in [5, 5.41) is 9.49. The second kappa shape index (κ2) is 6.10. The lowest BCUT2D eigenvalue weighted by Crippen LogP contribution is -2.18. The molecule has 1 atom stereocenters. The first kappa shape index (κ1) is 14.8. The van der Waals surface area contributed by atoms with Crippen LogP contribution in [-0.2, 0) is 4.74 Å². The van der Waals surface area contributed by atoms with E-state index in [-0.39, 0.29) is 12.0 Å². The summed E-state index contributed by atoms with van der Waals surface area (Å²) in [7, 11) is 0. The molecule has 1 N–H and O–H groups in total. The molecule has 0 radical (unpaired) electrons. The average molecular weight is 270 g/mol. The van der Waals surface area contributed by atoms with Crippen molar-refractivity contribution in [2.75, 3.05) is 13.2 Å². The number of hydrogen-bond acceptors (Lipinski definition) is 2. The lowest BCUT2D eigenvalue weighted by atomic mass is 10.1. The largest absolute Gasteiger partial charge is 0.411 e. The maximum atomic E-state index is 13.2. The zero-order valence-electron chi connectivity index (χ0n) is 9.18. The van der Waals surface area contributed by atoms with Gasteiger partial charge in [-0.25, -0.2) is 8.78 Å². The zero-order valence-corrected chi connectivity index (χ0v) is 9.18. The molecule has 0 fully saturated rings. The van der Waals surface area contributed by atoms with Crippen LogP contribution in [0.4, 0.5) is 22.0 Å². The Morgan fingerprint density at radius 2 is 1.89 bits per heavy atom. The van der Waals surface area contributed by atoms with Crippen molar-refractivity contribution in [3.63, 3.8) is 0 Å². The second-order valence-corrected chi connectivity index (χ2v) is 3.62. The Hall–Kier alpha value is -1.21. The number of aliphatic hydroxyl groups is 1. The van der Waals surface area contributed by atoms with Crippen molar-refractivity contribution in [3.05, 3.63) is 35.4 Å². The topological polar surface area (TPSA) is 29.5 Å². The van der Waals surface area contributed by atoms with E-state index < -0.39 is 37.1 Å². The Morgan fingerprint density at radius 1 is 1.22 bits per heavy atom. The van der Waals surface area contributed by atoms with Gasteiger partial charge in [0.1, 0.15) is 6.61 Å². The summed E-state index contributed by atoms with van der Waals surface area (Å²) in [6.45, 7) is -1.85. The molecule has 1 aromatic carbocycles. The van der Waals surface area contributed by atoms with Crippen molar-refractivity contribution in [1.82, 2.24) is 0 Å². The molecule has 0 aliphatic rings. The second-order valence-electron chi connectivity index (χ2n) is 3.62. The first-order valence-electron chi connectivity index (χ1n) is 5.07.